The second-order valence-corrected chi connectivity index (χ2v) is 2.10. The summed E-state index contributed by atoms with van der Waals surface area (Å²) in [7, 11) is 0. The molecule has 2 aromatic heterocycles. The third kappa shape index (κ3) is 0.953. The van der Waals surface area contributed by atoms with E-state index in [1.165, 1.54) is 18.7 Å². The molecular formula is C7H3N5. The standard InChI is InChI=1S/C7H3N5/c8-1-5-2-10-7-6(12-5)3-9-4-11-7/h2-4H. The number of hydrogen-bond acceptors (Lipinski definition) is 5. The molecule has 0 saturated heterocycles. The zero-order chi connectivity index (χ0) is 8.39. The van der Waals surface area contributed by atoms with Gasteiger partial charge in [-0.1, -0.05) is 0 Å². The lowest BCUT2D eigenvalue weighted by atomic mass is 10.4. The Bertz CT molecular complexity index is 459. The van der Waals surface area contributed by atoms with E-state index in [0.717, 1.165) is 0 Å². The highest BCUT2D eigenvalue weighted by Crippen LogP contribution is 2.02. The Balaban J connectivity index is 2.78. The number of nitrogens with zero attached hydrogens (tertiary/aromatic N) is 5. The lowest BCUT2D eigenvalue weighted by Crippen LogP contribution is -1.90. The summed E-state index contributed by atoms with van der Waals surface area (Å²) >= 11 is 0. The Labute approximate surface area is 67.7 Å². The first-order chi connectivity index (χ1) is 5.90. The van der Waals surface area contributed by atoms with Crippen molar-refractivity contribution in [1.82, 2.24) is 19.9 Å². The van der Waals surface area contributed by atoms with Crippen LogP contribution >= 0.6 is 0 Å². The molecule has 0 aliphatic heterocycles. The van der Waals surface area contributed by atoms with Gasteiger partial charge in [0.05, 0.1) is 12.4 Å². The van der Waals surface area contributed by atoms with Gasteiger partial charge in [-0.2, -0.15) is 5.26 Å². The molecule has 0 amide bonds. The predicted octanol–water partition coefficient (Wildman–Crippen LogP) is 0.291. The van der Waals surface area contributed by atoms with Gasteiger partial charge in [-0.25, -0.2) is 19.9 Å². The first kappa shape index (κ1) is 6.61. The monoisotopic (exact) mass is 157 g/mol. The van der Waals surface area contributed by atoms with Gasteiger partial charge >= 0.3 is 0 Å². The van der Waals surface area contributed by atoms with Crippen LogP contribution in [-0.4, -0.2) is 19.9 Å². The SMILES string of the molecule is N#Cc1cnc2ncncc2n1. The zero-order valence-corrected chi connectivity index (χ0v) is 5.97. The molecule has 0 N–H and O–H groups in total. The molecule has 0 fully saturated rings. The molecule has 12 heavy (non-hydrogen) atoms. The lowest BCUT2D eigenvalue weighted by Gasteiger charge is -1.92. The maximum Gasteiger partial charge on any atom is 0.181 e. The van der Waals surface area contributed by atoms with Crippen molar-refractivity contribution in [2.45, 2.75) is 0 Å². The molecule has 0 saturated carbocycles. The number of nitriles is 1. The molecule has 0 aromatic carbocycles. The summed E-state index contributed by atoms with van der Waals surface area (Å²) in [6, 6.07) is 1.89. The molecule has 0 radical (unpaired) electrons. The summed E-state index contributed by atoms with van der Waals surface area (Å²) in [4.78, 5) is 15.5. The minimum atomic E-state index is 0.275. The summed E-state index contributed by atoms with van der Waals surface area (Å²) in [5, 5.41) is 8.50. The van der Waals surface area contributed by atoms with Crippen molar-refractivity contribution in [1.29, 1.82) is 5.26 Å². The fourth-order valence-corrected chi connectivity index (χ4v) is 0.829. The highest BCUT2D eigenvalue weighted by molar-refractivity contribution is 5.67. The van der Waals surface area contributed by atoms with Gasteiger partial charge in [0.25, 0.3) is 0 Å². The summed E-state index contributed by atoms with van der Waals surface area (Å²) in [6.07, 6.45) is 4.30. The molecule has 0 aliphatic carbocycles. The van der Waals surface area contributed by atoms with E-state index < -0.39 is 0 Å². The van der Waals surface area contributed by atoms with Gasteiger partial charge in [0, 0.05) is 0 Å². The van der Waals surface area contributed by atoms with E-state index in [1.54, 1.807) is 0 Å². The van der Waals surface area contributed by atoms with Crippen LogP contribution in [0.3, 0.4) is 0 Å². The molecule has 0 atom stereocenters. The maximum absolute atomic E-state index is 8.50. The fourth-order valence-electron chi connectivity index (χ4n) is 0.829. The largest absolute Gasteiger partial charge is 0.242 e. The van der Waals surface area contributed by atoms with Crippen LogP contribution in [0, 0.1) is 11.3 Å². The van der Waals surface area contributed by atoms with Crippen molar-refractivity contribution in [3.63, 3.8) is 0 Å². The van der Waals surface area contributed by atoms with E-state index in [-0.39, 0.29) is 5.69 Å². The van der Waals surface area contributed by atoms with Gasteiger partial charge in [0.2, 0.25) is 0 Å². The molecule has 5 heteroatoms. The van der Waals surface area contributed by atoms with E-state index in [2.05, 4.69) is 19.9 Å². The third-order valence-corrected chi connectivity index (χ3v) is 1.34. The van der Waals surface area contributed by atoms with Crippen LogP contribution in [0.2, 0.25) is 0 Å². The number of rotatable bonds is 0. The molecule has 5 nitrogen and oxygen atoms in total. The van der Waals surface area contributed by atoms with Crippen molar-refractivity contribution in [2.75, 3.05) is 0 Å². The molecule has 0 aliphatic rings. The summed E-state index contributed by atoms with van der Waals surface area (Å²) in [6.45, 7) is 0. The minimum Gasteiger partial charge on any atom is -0.242 e. The van der Waals surface area contributed by atoms with Crippen molar-refractivity contribution >= 4 is 11.2 Å². The Morgan fingerprint density at radius 3 is 3.00 bits per heavy atom. The van der Waals surface area contributed by atoms with Crippen LogP contribution in [0.5, 0.6) is 0 Å². The Kier molecular flexibility index (Phi) is 1.38. The Morgan fingerprint density at radius 1 is 1.25 bits per heavy atom. The van der Waals surface area contributed by atoms with Gasteiger partial charge in [0.15, 0.2) is 11.3 Å². The van der Waals surface area contributed by atoms with Gasteiger partial charge in [-0.15, -0.1) is 0 Å². The van der Waals surface area contributed by atoms with Crippen molar-refractivity contribution < 1.29 is 0 Å². The summed E-state index contributed by atoms with van der Waals surface area (Å²) in [5.74, 6) is 0. The maximum atomic E-state index is 8.50. The van der Waals surface area contributed by atoms with Gasteiger partial charge in [-0.3, -0.25) is 0 Å². The number of aromatic nitrogens is 4. The minimum absolute atomic E-state index is 0.275. The van der Waals surface area contributed by atoms with E-state index >= 15 is 0 Å². The number of hydrogen-bond donors (Lipinski definition) is 0. The molecule has 56 valence electrons. The van der Waals surface area contributed by atoms with E-state index in [1.807, 2.05) is 6.07 Å². The highest BCUT2D eigenvalue weighted by Gasteiger charge is 1.97. The van der Waals surface area contributed by atoms with E-state index in [4.69, 9.17) is 5.26 Å². The third-order valence-electron chi connectivity index (χ3n) is 1.34. The molecule has 2 aromatic rings. The second-order valence-electron chi connectivity index (χ2n) is 2.10. The molecular weight excluding hydrogens is 154 g/mol. The molecule has 2 rings (SSSR count). The van der Waals surface area contributed by atoms with Crippen molar-refractivity contribution in [3.05, 3.63) is 24.4 Å². The zero-order valence-electron chi connectivity index (χ0n) is 5.97. The fraction of sp³-hybridized carbons (Fsp3) is 0. The van der Waals surface area contributed by atoms with E-state index in [9.17, 15) is 0 Å². The second kappa shape index (κ2) is 2.51. The molecule has 2 heterocycles. The summed E-state index contributed by atoms with van der Waals surface area (Å²) < 4.78 is 0. The van der Waals surface area contributed by atoms with Gasteiger partial charge in [-0.05, 0) is 0 Å². The smallest absolute Gasteiger partial charge is 0.181 e. The van der Waals surface area contributed by atoms with Crippen molar-refractivity contribution in [3.8, 4) is 6.07 Å². The lowest BCUT2D eigenvalue weighted by molar-refractivity contribution is 1.13. The first-order valence-corrected chi connectivity index (χ1v) is 3.23. The number of fused-ring (bicyclic) bond motifs is 1. The topological polar surface area (TPSA) is 75.3 Å². The first-order valence-electron chi connectivity index (χ1n) is 3.23. The average Bonchev–Trinajstić information content (AvgIpc) is 2.17. The quantitative estimate of drug-likeness (QED) is 0.549. The molecule has 0 spiro atoms. The van der Waals surface area contributed by atoms with Crippen LogP contribution < -0.4 is 0 Å². The normalized spacial score (nSPS) is 9.58. The predicted molar refractivity (Wildman–Crippen MR) is 39.8 cm³/mol. The van der Waals surface area contributed by atoms with Crippen LogP contribution in [0.1, 0.15) is 5.69 Å². The Morgan fingerprint density at radius 2 is 2.17 bits per heavy atom. The molecule has 0 bridgehead atoms. The average molecular weight is 157 g/mol. The van der Waals surface area contributed by atoms with Gasteiger partial charge in [0.1, 0.15) is 17.9 Å². The summed E-state index contributed by atoms with van der Waals surface area (Å²) in [5.41, 5.74) is 1.32. The highest BCUT2D eigenvalue weighted by atomic mass is 14.9. The van der Waals surface area contributed by atoms with Crippen molar-refractivity contribution in [2.24, 2.45) is 0 Å². The van der Waals surface area contributed by atoms with E-state index in [0.29, 0.717) is 11.2 Å². The van der Waals surface area contributed by atoms with Crippen LogP contribution in [0.4, 0.5) is 0 Å². The van der Waals surface area contributed by atoms with Crippen LogP contribution in [0.25, 0.3) is 11.2 Å². The molecule has 0 unspecified atom stereocenters. The van der Waals surface area contributed by atoms with Crippen LogP contribution in [0.15, 0.2) is 18.7 Å². The van der Waals surface area contributed by atoms with Gasteiger partial charge < -0.3 is 0 Å². The van der Waals surface area contributed by atoms with Crippen LogP contribution in [-0.2, 0) is 0 Å². The Hall–Kier alpha value is -2.09.